The first-order valence-corrected chi connectivity index (χ1v) is 14.7. The smallest absolute Gasteiger partial charge is 0.0210 e. The van der Waals surface area contributed by atoms with E-state index in [1.165, 1.54) is 57.0 Å². The number of rotatable bonds is 6. The van der Waals surface area contributed by atoms with Crippen molar-refractivity contribution in [2.45, 2.75) is 0 Å². The summed E-state index contributed by atoms with van der Waals surface area (Å²) >= 11 is 0. The van der Waals surface area contributed by atoms with E-state index in [4.69, 9.17) is 0 Å². The van der Waals surface area contributed by atoms with Gasteiger partial charge in [-0.1, -0.05) is 160 Å². The summed E-state index contributed by atoms with van der Waals surface area (Å²) in [4.78, 5) is 0. The summed E-state index contributed by atoms with van der Waals surface area (Å²) in [5.74, 6) is 0. The Morgan fingerprint density at radius 3 is 1.30 bits per heavy atom. The van der Waals surface area contributed by atoms with Crippen molar-refractivity contribution in [3.8, 4) is 33.1 Å². The molecule has 0 atom stereocenters. The molecule has 0 saturated carbocycles. The summed E-state index contributed by atoms with van der Waals surface area (Å²) < 4.78 is 0. The van der Waals surface area contributed by atoms with Crippen LogP contribution in [0.15, 0.2) is 158 Å². The van der Waals surface area contributed by atoms with Crippen LogP contribution in [-0.4, -0.2) is 0 Å². The van der Waals surface area contributed by atoms with Crippen LogP contribution >= 0.6 is 16.1 Å². The molecular formula is C35H26P2. The summed E-state index contributed by atoms with van der Waals surface area (Å²) in [6, 6.07) is 57.2. The molecule has 0 amide bonds. The number of hydrogen-bond donors (Lipinski definition) is 0. The Balaban J connectivity index is 1.73. The predicted octanol–water partition coefficient (Wildman–Crippen LogP) is 9.03. The molecular weight excluding hydrogens is 482 g/mol. The fourth-order valence-corrected chi connectivity index (χ4v) is 9.41. The molecule has 6 aromatic rings. The summed E-state index contributed by atoms with van der Waals surface area (Å²) in [6.45, 7) is 0. The molecule has 0 nitrogen and oxygen atoms in total. The van der Waals surface area contributed by atoms with Gasteiger partial charge >= 0.3 is 0 Å². The van der Waals surface area contributed by atoms with Crippen LogP contribution < -0.4 is 15.6 Å². The van der Waals surface area contributed by atoms with Gasteiger partial charge < -0.3 is 0 Å². The van der Waals surface area contributed by atoms with E-state index >= 15 is 0 Å². The van der Waals surface area contributed by atoms with Crippen molar-refractivity contribution in [1.29, 1.82) is 0 Å². The van der Waals surface area contributed by atoms with E-state index < -0.39 is 7.92 Å². The van der Waals surface area contributed by atoms with Crippen molar-refractivity contribution in [1.82, 2.24) is 0 Å². The third-order valence-corrected chi connectivity index (χ3v) is 10.7. The lowest BCUT2D eigenvalue weighted by molar-refractivity contribution is 1.62. The molecule has 0 aliphatic heterocycles. The lowest BCUT2D eigenvalue weighted by Crippen LogP contribution is -2.21. The quantitative estimate of drug-likeness (QED) is 0.197. The van der Waals surface area contributed by atoms with E-state index in [1.807, 2.05) is 0 Å². The van der Waals surface area contributed by atoms with Crippen molar-refractivity contribution in [2.24, 2.45) is 0 Å². The maximum atomic E-state index is 2.42. The summed E-state index contributed by atoms with van der Waals surface area (Å²) in [5, 5.41) is 5.56. The zero-order valence-electron chi connectivity index (χ0n) is 20.4. The maximum absolute atomic E-state index is 2.42. The van der Waals surface area contributed by atoms with Crippen LogP contribution in [0, 0.1) is 0 Å². The van der Waals surface area contributed by atoms with Gasteiger partial charge in [-0.3, -0.25) is 0 Å². The normalized spacial score (nSPS) is 11.2. The molecule has 1 heterocycles. The van der Waals surface area contributed by atoms with Crippen LogP contribution in [-0.2, 0) is 0 Å². The monoisotopic (exact) mass is 508 g/mol. The van der Waals surface area contributed by atoms with Gasteiger partial charge in [0.25, 0.3) is 0 Å². The highest BCUT2D eigenvalue weighted by Crippen LogP contribution is 2.47. The van der Waals surface area contributed by atoms with Crippen molar-refractivity contribution in [3.05, 3.63) is 158 Å². The second kappa shape index (κ2) is 11.1. The molecule has 0 aliphatic carbocycles. The summed E-state index contributed by atoms with van der Waals surface area (Å²) in [7, 11) is 0.495. The highest BCUT2D eigenvalue weighted by atomic mass is 31.1. The molecule has 0 N–H and O–H groups in total. The SMILES string of the molecule is c1ccc(-c2cc(-c3ccccc3)c(-c3ccccc3)c(P(c3ccccc3)c3ccccc3)p2)cc1. The average Bonchev–Trinajstić information content (AvgIpc) is 2.99. The van der Waals surface area contributed by atoms with E-state index in [0.29, 0.717) is 0 Å². The molecule has 0 aliphatic rings. The van der Waals surface area contributed by atoms with Gasteiger partial charge in [-0.25, -0.2) is 0 Å². The van der Waals surface area contributed by atoms with Crippen molar-refractivity contribution in [2.75, 3.05) is 0 Å². The number of benzene rings is 5. The molecule has 0 spiro atoms. The Hall–Kier alpha value is -3.82. The fourth-order valence-electron chi connectivity index (χ4n) is 4.73. The molecule has 0 bridgehead atoms. The molecule has 0 unspecified atom stereocenters. The number of hydrogen-bond acceptors (Lipinski definition) is 0. The van der Waals surface area contributed by atoms with Gasteiger partial charge in [0.2, 0.25) is 0 Å². The lowest BCUT2D eigenvalue weighted by atomic mass is 9.96. The Labute approximate surface area is 222 Å². The van der Waals surface area contributed by atoms with Crippen molar-refractivity contribution < 1.29 is 0 Å². The van der Waals surface area contributed by atoms with Crippen LogP contribution in [0.3, 0.4) is 0 Å². The van der Waals surface area contributed by atoms with Gasteiger partial charge in [-0.2, -0.15) is 0 Å². The minimum atomic E-state index is -0.760. The Morgan fingerprint density at radius 2 is 0.811 bits per heavy atom. The second-order valence-electron chi connectivity index (χ2n) is 8.86. The Morgan fingerprint density at radius 1 is 0.405 bits per heavy atom. The third kappa shape index (κ3) is 5.05. The van der Waals surface area contributed by atoms with E-state index in [9.17, 15) is 0 Å². The molecule has 176 valence electrons. The Kier molecular flexibility index (Phi) is 7.05. The molecule has 1 aromatic heterocycles. The minimum absolute atomic E-state index is 0.760. The first-order valence-electron chi connectivity index (χ1n) is 12.5. The van der Waals surface area contributed by atoms with E-state index in [0.717, 1.165) is 0 Å². The topological polar surface area (TPSA) is 0 Å². The molecule has 0 radical (unpaired) electrons. The van der Waals surface area contributed by atoms with Crippen LogP contribution in [0.1, 0.15) is 0 Å². The van der Waals surface area contributed by atoms with Crippen molar-refractivity contribution in [3.63, 3.8) is 0 Å². The van der Waals surface area contributed by atoms with Crippen LogP contribution in [0.5, 0.6) is 0 Å². The minimum Gasteiger partial charge on any atom is -0.0622 e. The standard InChI is InChI=1S/C35H26P2/c1-6-16-27(17-7-1)32-26-33(28-18-8-2-9-19-28)36-35(34(32)29-20-10-3-11-21-29)37(30-22-12-4-13-23-30)31-24-14-5-15-25-31/h1-26H. The highest BCUT2D eigenvalue weighted by molar-refractivity contribution is 7.86. The maximum Gasteiger partial charge on any atom is 0.0210 e. The highest BCUT2D eigenvalue weighted by Gasteiger charge is 2.25. The third-order valence-electron chi connectivity index (χ3n) is 6.46. The zero-order valence-corrected chi connectivity index (χ0v) is 22.2. The van der Waals surface area contributed by atoms with Gasteiger partial charge in [0.05, 0.1) is 0 Å². The zero-order chi connectivity index (χ0) is 24.9. The van der Waals surface area contributed by atoms with Gasteiger partial charge in [0.1, 0.15) is 0 Å². The van der Waals surface area contributed by atoms with Crippen LogP contribution in [0.4, 0.5) is 0 Å². The predicted molar refractivity (Wildman–Crippen MR) is 164 cm³/mol. The van der Waals surface area contributed by atoms with Crippen LogP contribution in [0.25, 0.3) is 33.1 Å². The molecule has 5 aromatic carbocycles. The second-order valence-corrected chi connectivity index (χ2v) is 12.5. The van der Waals surface area contributed by atoms with Gasteiger partial charge in [0.15, 0.2) is 0 Å². The van der Waals surface area contributed by atoms with Crippen LogP contribution in [0.2, 0.25) is 0 Å². The molecule has 6 rings (SSSR count). The van der Waals surface area contributed by atoms with Gasteiger partial charge in [0, 0.05) is 15.9 Å². The van der Waals surface area contributed by atoms with Crippen molar-refractivity contribution >= 4 is 31.8 Å². The first kappa shape index (κ1) is 23.6. The van der Waals surface area contributed by atoms with E-state index in [2.05, 4.69) is 158 Å². The van der Waals surface area contributed by atoms with Gasteiger partial charge in [-0.05, 0) is 46.9 Å². The fraction of sp³-hybridized carbons (Fsp3) is 0. The summed E-state index contributed by atoms with van der Waals surface area (Å²) in [5.41, 5.74) is 6.44. The van der Waals surface area contributed by atoms with E-state index in [-0.39, 0.29) is 0 Å². The van der Waals surface area contributed by atoms with E-state index in [1.54, 1.807) is 0 Å². The lowest BCUT2D eigenvalue weighted by Gasteiger charge is -2.25. The Bertz CT molecular complexity index is 1540. The van der Waals surface area contributed by atoms with Gasteiger partial charge in [-0.15, -0.1) is 0 Å². The molecule has 0 saturated heterocycles. The largest absolute Gasteiger partial charge is 0.0622 e. The first-order chi connectivity index (χ1) is 18.4. The molecule has 0 fully saturated rings. The molecule has 2 heteroatoms. The average molecular weight is 509 g/mol. The summed E-state index contributed by atoms with van der Waals surface area (Å²) in [6.07, 6.45) is 0. The molecule has 37 heavy (non-hydrogen) atoms.